The van der Waals surface area contributed by atoms with E-state index in [4.69, 9.17) is 4.52 Å². The number of likely N-dealkylation sites (tertiary alicyclic amines) is 1. The monoisotopic (exact) mass is 378 g/mol. The molecule has 1 fully saturated rings. The first-order valence-corrected chi connectivity index (χ1v) is 9.40. The van der Waals surface area contributed by atoms with E-state index in [1.165, 1.54) is 0 Å². The molecule has 1 aromatic carbocycles. The summed E-state index contributed by atoms with van der Waals surface area (Å²) < 4.78 is 5.42. The third-order valence-electron chi connectivity index (χ3n) is 4.70. The van der Waals surface area contributed by atoms with Crippen molar-refractivity contribution in [2.24, 2.45) is 0 Å². The predicted molar refractivity (Wildman–Crippen MR) is 103 cm³/mol. The topological polar surface area (TPSA) is 97.0 Å². The summed E-state index contributed by atoms with van der Waals surface area (Å²) in [4.78, 5) is 27.7. The summed E-state index contributed by atoms with van der Waals surface area (Å²) in [5.41, 5.74) is 1.33. The van der Waals surface area contributed by atoms with Gasteiger partial charge in [-0.15, -0.1) is 0 Å². The molecule has 8 nitrogen and oxygen atoms in total. The molecule has 0 aliphatic carbocycles. The lowest BCUT2D eigenvalue weighted by atomic mass is 10.2. The molecule has 2 aromatic heterocycles. The minimum absolute atomic E-state index is 0.127. The fraction of sp³-hybridized carbons (Fsp3) is 0.350. The van der Waals surface area contributed by atoms with Crippen LogP contribution in [0.3, 0.4) is 0 Å². The summed E-state index contributed by atoms with van der Waals surface area (Å²) in [5.74, 6) is 1.66. The number of benzene rings is 1. The first-order valence-electron chi connectivity index (χ1n) is 9.40. The normalized spacial score (nSPS) is 16.5. The zero-order valence-electron chi connectivity index (χ0n) is 15.9. The summed E-state index contributed by atoms with van der Waals surface area (Å²) in [6.07, 6.45) is 4.79. The standard InChI is InChI=1S/C20H22N6O2/c1-13(2)17-24-18(28-25-17)16-9-6-10-26(16)19(27)14-11-21-20(22-12-14)23-15-7-4-3-5-8-15/h3-5,7-8,11-13,16H,6,9-10H2,1-2H3,(H,21,22,23). The maximum atomic E-state index is 13.0. The van der Waals surface area contributed by atoms with Gasteiger partial charge in [0.05, 0.1) is 5.56 Å². The number of rotatable bonds is 5. The molecular weight excluding hydrogens is 356 g/mol. The Labute approximate surface area is 163 Å². The second-order valence-corrected chi connectivity index (χ2v) is 7.09. The van der Waals surface area contributed by atoms with Gasteiger partial charge in [-0.2, -0.15) is 4.98 Å². The molecule has 28 heavy (non-hydrogen) atoms. The maximum Gasteiger partial charge on any atom is 0.257 e. The fourth-order valence-corrected chi connectivity index (χ4v) is 3.20. The van der Waals surface area contributed by atoms with E-state index in [2.05, 4.69) is 25.4 Å². The van der Waals surface area contributed by atoms with Crippen LogP contribution >= 0.6 is 0 Å². The van der Waals surface area contributed by atoms with Crippen LogP contribution in [0, 0.1) is 0 Å². The predicted octanol–water partition coefficient (Wildman–Crippen LogP) is 3.70. The molecule has 3 aromatic rings. The van der Waals surface area contributed by atoms with Crippen molar-refractivity contribution in [3.8, 4) is 0 Å². The Kier molecular flexibility index (Phi) is 5.01. The Morgan fingerprint density at radius 1 is 1.21 bits per heavy atom. The minimum atomic E-state index is -0.199. The molecule has 1 amide bonds. The number of carbonyl (C=O) groups is 1. The van der Waals surface area contributed by atoms with Crippen LogP contribution in [-0.4, -0.2) is 37.5 Å². The van der Waals surface area contributed by atoms with E-state index in [-0.39, 0.29) is 17.9 Å². The second-order valence-electron chi connectivity index (χ2n) is 7.09. The lowest BCUT2D eigenvalue weighted by Crippen LogP contribution is -2.31. The van der Waals surface area contributed by atoms with Gasteiger partial charge >= 0.3 is 0 Å². The van der Waals surface area contributed by atoms with E-state index in [9.17, 15) is 4.79 Å². The molecule has 1 N–H and O–H groups in total. The third kappa shape index (κ3) is 3.71. The van der Waals surface area contributed by atoms with Crippen LogP contribution in [0.5, 0.6) is 0 Å². The van der Waals surface area contributed by atoms with Crippen molar-refractivity contribution in [1.29, 1.82) is 0 Å². The van der Waals surface area contributed by atoms with E-state index in [0.29, 0.717) is 29.8 Å². The largest absolute Gasteiger partial charge is 0.337 e. The molecule has 1 unspecified atom stereocenters. The Morgan fingerprint density at radius 3 is 2.64 bits per heavy atom. The summed E-state index contributed by atoms with van der Waals surface area (Å²) in [6, 6.07) is 9.44. The van der Waals surface area contributed by atoms with Gasteiger partial charge in [0.2, 0.25) is 11.8 Å². The molecule has 144 valence electrons. The van der Waals surface area contributed by atoms with E-state index in [1.54, 1.807) is 17.3 Å². The van der Waals surface area contributed by atoms with E-state index in [0.717, 1.165) is 18.5 Å². The summed E-state index contributed by atoms with van der Waals surface area (Å²) >= 11 is 0. The number of amides is 1. The second kappa shape index (κ2) is 7.75. The van der Waals surface area contributed by atoms with Gasteiger partial charge in [-0.3, -0.25) is 4.79 Å². The van der Waals surface area contributed by atoms with Crippen LogP contribution in [0.25, 0.3) is 0 Å². The molecule has 1 saturated heterocycles. The molecule has 4 rings (SSSR count). The smallest absolute Gasteiger partial charge is 0.257 e. The van der Waals surface area contributed by atoms with Crippen molar-refractivity contribution in [1.82, 2.24) is 25.0 Å². The highest BCUT2D eigenvalue weighted by molar-refractivity contribution is 5.94. The van der Waals surface area contributed by atoms with Gasteiger partial charge < -0.3 is 14.7 Å². The Balaban J connectivity index is 1.48. The number of aromatic nitrogens is 4. The molecule has 1 aliphatic rings. The van der Waals surface area contributed by atoms with E-state index < -0.39 is 0 Å². The average Bonchev–Trinajstić information content (AvgIpc) is 3.38. The summed E-state index contributed by atoms with van der Waals surface area (Å²) in [7, 11) is 0. The highest BCUT2D eigenvalue weighted by atomic mass is 16.5. The number of nitrogens with zero attached hydrogens (tertiary/aromatic N) is 5. The number of hydrogen-bond acceptors (Lipinski definition) is 7. The minimum Gasteiger partial charge on any atom is -0.337 e. The number of anilines is 2. The van der Waals surface area contributed by atoms with Crippen molar-refractivity contribution >= 4 is 17.5 Å². The Hall–Kier alpha value is -3.29. The molecule has 0 bridgehead atoms. The first-order chi connectivity index (χ1) is 13.6. The fourth-order valence-electron chi connectivity index (χ4n) is 3.20. The molecule has 1 atom stereocenters. The van der Waals surface area contributed by atoms with Crippen molar-refractivity contribution in [2.75, 3.05) is 11.9 Å². The van der Waals surface area contributed by atoms with Crippen LogP contribution in [0.4, 0.5) is 11.6 Å². The Bertz CT molecular complexity index is 939. The van der Waals surface area contributed by atoms with E-state index >= 15 is 0 Å². The number of carbonyl (C=O) groups excluding carboxylic acids is 1. The molecule has 0 saturated carbocycles. The van der Waals surface area contributed by atoms with Gasteiger partial charge in [-0.1, -0.05) is 37.2 Å². The zero-order valence-corrected chi connectivity index (χ0v) is 15.9. The Morgan fingerprint density at radius 2 is 1.96 bits per heavy atom. The summed E-state index contributed by atoms with van der Waals surface area (Å²) in [6.45, 7) is 4.66. The molecule has 8 heteroatoms. The van der Waals surface area contributed by atoms with Gasteiger partial charge in [-0.25, -0.2) is 9.97 Å². The zero-order chi connectivity index (χ0) is 19.5. The number of para-hydroxylation sites is 1. The molecule has 0 spiro atoms. The van der Waals surface area contributed by atoms with Gasteiger partial charge in [0.25, 0.3) is 5.91 Å². The van der Waals surface area contributed by atoms with Gasteiger partial charge in [-0.05, 0) is 25.0 Å². The highest BCUT2D eigenvalue weighted by Gasteiger charge is 2.35. The molecule has 1 aliphatic heterocycles. The average molecular weight is 378 g/mol. The lowest BCUT2D eigenvalue weighted by Gasteiger charge is -2.21. The highest BCUT2D eigenvalue weighted by Crippen LogP contribution is 2.32. The van der Waals surface area contributed by atoms with E-state index in [1.807, 2.05) is 44.2 Å². The van der Waals surface area contributed by atoms with Gasteiger partial charge in [0.1, 0.15) is 6.04 Å². The quantitative estimate of drug-likeness (QED) is 0.723. The van der Waals surface area contributed by atoms with Crippen LogP contribution in [0.1, 0.15) is 60.7 Å². The SMILES string of the molecule is CC(C)c1noc(C2CCCN2C(=O)c2cnc(Nc3ccccc3)nc2)n1. The molecule has 3 heterocycles. The molecule has 0 radical (unpaired) electrons. The van der Waals surface area contributed by atoms with Crippen LogP contribution in [0.2, 0.25) is 0 Å². The number of hydrogen-bond donors (Lipinski definition) is 1. The van der Waals surface area contributed by atoms with Gasteiger partial charge in [0, 0.05) is 30.5 Å². The van der Waals surface area contributed by atoms with Gasteiger partial charge in [0.15, 0.2) is 5.82 Å². The third-order valence-corrected chi connectivity index (χ3v) is 4.70. The van der Waals surface area contributed by atoms with Crippen molar-refractivity contribution in [2.45, 2.75) is 38.6 Å². The number of nitrogens with one attached hydrogen (secondary N) is 1. The molecular formula is C20H22N6O2. The lowest BCUT2D eigenvalue weighted by molar-refractivity contribution is 0.0709. The van der Waals surface area contributed by atoms with Crippen molar-refractivity contribution in [3.05, 3.63) is 60.0 Å². The summed E-state index contributed by atoms with van der Waals surface area (Å²) in [5, 5.41) is 7.13. The van der Waals surface area contributed by atoms with Crippen molar-refractivity contribution < 1.29 is 9.32 Å². The first kappa shape index (κ1) is 18.1. The van der Waals surface area contributed by atoms with Crippen LogP contribution in [0.15, 0.2) is 47.2 Å². The maximum absolute atomic E-state index is 13.0. The van der Waals surface area contributed by atoms with Crippen LogP contribution < -0.4 is 5.32 Å². The van der Waals surface area contributed by atoms with Crippen LogP contribution in [-0.2, 0) is 0 Å². The van der Waals surface area contributed by atoms with Crippen molar-refractivity contribution in [3.63, 3.8) is 0 Å².